The highest BCUT2D eigenvalue weighted by molar-refractivity contribution is 8.88. The van der Waals surface area contributed by atoms with Crippen molar-refractivity contribution in [3.05, 3.63) is 0 Å². The first-order chi connectivity index (χ1) is 7.14. The van der Waals surface area contributed by atoms with Gasteiger partial charge in [0.05, 0.1) is 30.2 Å². The Hall–Kier alpha value is 1.05. The monoisotopic (exact) mass is 270 g/mol. The smallest absolute Gasteiger partial charge is 0.194 e. The summed E-state index contributed by atoms with van der Waals surface area (Å²) in [5.41, 5.74) is 0. The molecule has 0 fully saturated rings. The fourth-order valence-corrected chi connectivity index (χ4v) is 8.05. The first-order valence-electron chi connectivity index (χ1n) is 5.80. The number of hydrogen-bond donors (Lipinski definition) is 1. The van der Waals surface area contributed by atoms with Gasteiger partial charge in [0.25, 0.3) is 0 Å². The van der Waals surface area contributed by atoms with Gasteiger partial charge in [-0.25, -0.2) is 0 Å². The normalized spacial score (nSPS) is 15.6. The van der Waals surface area contributed by atoms with Crippen molar-refractivity contribution in [1.82, 2.24) is 4.67 Å². The Morgan fingerprint density at radius 1 is 1.20 bits per heavy atom. The summed E-state index contributed by atoms with van der Waals surface area (Å²) in [6, 6.07) is -1.66. The summed E-state index contributed by atoms with van der Waals surface area (Å²) in [5, 5.41) is 0. The lowest BCUT2D eigenvalue weighted by Crippen LogP contribution is -2.21. The number of unbranched alkanes of at least 4 members (excludes halogenated alkanes) is 1. The Kier molecular flexibility index (Phi) is 9.76. The highest BCUT2D eigenvalue weighted by Gasteiger charge is 2.43. The number of nitrogens with zero attached hydrogens (tertiary/aromatic N) is 1. The van der Waals surface area contributed by atoms with Crippen molar-refractivity contribution < 1.29 is 4.52 Å². The molecule has 0 amide bonds. The minimum Gasteiger partial charge on any atom is -0.194 e. The lowest BCUT2D eigenvalue weighted by molar-refractivity contribution is 0.337. The molecule has 5 heteroatoms. The first-order valence-corrected chi connectivity index (χ1v) is 10.2. The zero-order valence-corrected chi connectivity index (χ0v) is 13.0. The standard InChI is InChI=1S/C10H25NOPS2/c1-5-9-10-15-13(14,12-8-4)11(6-2)7-3/h14H,5-10H2,1-4H3/q+1. The van der Waals surface area contributed by atoms with Crippen LogP contribution in [0.2, 0.25) is 0 Å². The Balaban J connectivity index is 4.27. The average Bonchev–Trinajstić information content (AvgIpc) is 2.20. The predicted octanol–water partition coefficient (Wildman–Crippen LogP) is 4.51. The van der Waals surface area contributed by atoms with E-state index in [9.17, 15) is 0 Å². The molecule has 2 nitrogen and oxygen atoms in total. The van der Waals surface area contributed by atoms with Gasteiger partial charge in [-0.1, -0.05) is 13.3 Å². The molecule has 15 heavy (non-hydrogen) atoms. The van der Waals surface area contributed by atoms with Crippen molar-refractivity contribution in [2.75, 3.05) is 25.4 Å². The van der Waals surface area contributed by atoms with Crippen molar-refractivity contribution in [2.45, 2.75) is 40.5 Å². The fourth-order valence-electron chi connectivity index (χ4n) is 1.28. The number of hydrogen-bond acceptors (Lipinski definition) is 4. The molecular weight excluding hydrogens is 245 g/mol. The predicted molar refractivity (Wildman–Crippen MR) is 77.8 cm³/mol. The van der Waals surface area contributed by atoms with E-state index in [-0.39, 0.29) is 0 Å². The van der Waals surface area contributed by atoms with Crippen LogP contribution in [0.25, 0.3) is 0 Å². The molecule has 0 radical (unpaired) electrons. The van der Waals surface area contributed by atoms with E-state index in [4.69, 9.17) is 16.8 Å². The molecule has 0 aromatic rings. The van der Waals surface area contributed by atoms with E-state index in [2.05, 4.69) is 32.4 Å². The van der Waals surface area contributed by atoms with Crippen molar-refractivity contribution in [1.29, 1.82) is 0 Å². The van der Waals surface area contributed by atoms with Gasteiger partial charge in [-0.2, -0.15) is 4.52 Å². The molecule has 0 saturated carbocycles. The first kappa shape index (κ1) is 16.1. The summed E-state index contributed by atoms with van der Waals surface area (Å²) in [4.78, 5) is 0. The van der Waals surface area contributed by atoms with E-state index < -0.39 is 6.04 Å². The van der Waals surface area contributed by atoms with Crippen molar-refractivity contribution in [3.8, 4) is 0 Å². The Morgan fingerprint density at radius 2 is 1.80 bits per heavy atom. The third kappa shape index (κ3) is 5.78. The van der Waals surface area contributed by atoms with E-state index >= 15 is 0 Å². The van der Waals surface area contributed by atoms with Gasteiger partial charge in [0.2, 0.25) is 0 Å². The molecule has 0 saturated heterocycles. The second-order valence-electron chi connectivity index (χ2n) is 3.23. The molecule has 0 aromatic heterocycles. The second kappa shape index (κ2) is 9.12. The zero-order chi connectivity index (χ0) is 11.7. The molecule has 0 bridgehead atoms. The van der Waals surface area contributed by atoms with Crippen LogP contribution in [0, 0.1) is 0 Å². The summed E-state index contributed by atoms with van der Waals surface area (Å²) in [5.74, 6) is 1.16. The van der Waals surface area contributed by atoms with Gasteiger partial charge in [0, 0.05) is 18.8 Å². The van der Waals surface area contributed by atoms with Crippen LogP contribution in [0.1, 0.15) is 40.5 Å². The summed E-state index contributed by atoms with van der Waals surface area (Å²) in [6.07, 6.45) is 2.49. The van der Waals surface area contributed by atoms with Gasteiger partial charge in [0.1, 0.15) is 0 Å². The van der Waals surface area contributed by atoms with Gasteiger partial charge in [0.15, 0.2) is 0 Å². The molecule has 0 aliphatic heterocycles. The fraction of sp³-hybridized carbons (Fsp3) is 1.00. The lowest BCUT2D eigenvalue weighted by Gasteiger charge is -2.26. The van der Waals surface area contributed by atoms with Crippen LogP contribution < -0.4 is 0 Å². The maximum Gasteiger partial charge on any atom is 0.333 e. The van der Waals surface area contributed by atoms with Crippen LogP contribution in [0.5, 0.6) is 0 Å². The van der Waals surface area contributed by atoms with Crippen molar-refractivity contribution in [3.63, 3.8) is 0 Å². The van der Waals surface area contributed by atoms with Gasteiger partial charge < -0.3 is 0 Å². The van der Waals surface area contributed by atoms with E-state index in [1.807, 2.05) is 11.4 Å². The Bertz CT molecular complexity index is 158. The minimum atomic E-state index is -1.66. The topological polar surface area (TPSA) is 12.5 Å². The van der Waals surface area contributed by atoms with Crippen LogP contribution in [0.3, 0.4) is 0 Å². The molecule has 0 spiro atoms. The molecule has 0 aliphatic rings. The maximum atomic E-state index is 5.88. The molecule has 0 aliphatic carbocycles. The Morgan fingerprint density at radius 3 is 2.20 bits per heavy atom. The molecule has 1 unspecified atom stereocenters. The highest BCUT2D eigenvalue weighted by atomic mass is 33.1. The molecule has 1 atom stereocenters. The SMILES string of the molecule is CCCCS[P+](S)(OCC)N(CC)CC. The van der Waals surface area contributed by atoms with Gasteiger partial charge in [-0.05, 0) is 27.2 Å². The minimum absolute atomic E-state index is 0.757. The number of thiol groups is 1. The molecule has 92 valence electrons. The summed E-state index contributed by atoms with van der Waals surface area (Å²) in [6.45, 7) is 11.4. The zero-order valence-electron chi connectivity index (χ0n) is 10.4. The van der Waals surface area contributed by atoms with Crippen LogP contribution in [-0.2, 0) is 4.52 Å². The summed E-state index contributed by atoms with van der Waals surface area (Å²) >= 11 is 6.71. The Labute approximate surface area is 105 Å². The molecule has 0 rings (SSSR count). The second-order valence-corrected chi connectivity index (χ2v) is 10.4. The van der Waals surface area contributed by atoms with Crippen molar-refractivity contribution in [2.24, 2.45) is 0 Å². The van der Waals surface area contributed by atoms with Crippen LogP contribution >= 0.6 is 29.7 Å². The van der Waals surface area contributed by atoms with Crippen molar-refractivity contribution >= 4 is 29.7 Å². The lowest BCUT2D eigenvalue weighted by atomic mass is 10.4. The van der Waals surface area contributed by atoms with E-state index in [1.54, 1.807) is 0 Å². The third-order valence-corrected chi connectivity index (χ3v) is 9.54. The number of rotatable bonds is 9. The summed E-state index contributed by atoms with van der Waals surface area (Å²) < 4.78 is 8.25. The molecular formula is C10H25NOPS2+. The molecule has 0 aromatic carbocycles. The largest absolute Gasteiger partial charge is 0.333 e. The summed E-state index contributed by atoms with van der Waals surface area (Å²) in [7, 11) is 0. The van der Waals surface area contributed by atoms with Gasteiger partial charge >= 0.3 is 6.04 Å². The average molecular weight is 270 g/mol. The van der Waals surface area contributed by atoms with E-state index in [1.165, 1.54) is 12.8 Å². The van der Waals surface area contributed by atoms with Crippen LogP contribution in [0.4, 0.5) is 0 Å². The van der Waals surface area contributed by atoms with Crippen LogP contribution in [0.15, 0.2) is 0 Å². The van der Waals surface area contributed by atoms with Gasteiger partial charge in [-0.3, -0.25) is 0 Å². The van der Waals surface area contributed by atoms with Crippen LogP contribution in [-0.4, -0.2) is 30.1 Å². The quantitative estimate of drug-likeness (QED) is 0.376. The van der Waals surface area contributed by atoms with E-state index in [0.29, 0.717) is 0 Å². The van der Waals surface area contributed by atoms with Gasteiger partial charge in [-0.15, -0.1) is 4.67 Å². The highest BCUT2D eigenvalue weighted by Crippen LogP contribution is 2.77. The molecule has 0 N–H and O–H groups in total. The maximum absolute atomic E-state index is 5.88. The molecule has 0 heterocycles. The third-order valence-electron chi connectivity index (χ3n) is 2.14. The van der Waals surface area contributed by atoms with E-state index in [0.717, 1.165) is 25.4 Å².